The van der Waals surface area contributed by atoms with Crippen LogP contribution in [0.25, 0.3) is 0 Å². The summed E-state index contributed by atoms with van der Waals surface area (Å²) in [5.74, 6) is -1.05. The van der Waals surface area contributed by atoms with E-state index in [1.807, 2.05) is 0 Å². The minimum Gasteiger partial charge on any atom is -0.479 e. The van der Waals surface area contributed by atoms with Gasteiger partial charge in [0.1, 0.15) is 0 Å². The number of alkyl halides is 3. The summed E-state index contributed by atoms with van der Waals surface area (Å²) >= 11 is 3.13. The van der Waals surface area contributed by atoms with Gasteiger partial charge in [0.2, 0.25) is 0 Å². The minimum absolute atomic E-state index is 0.0562. The zero-order valence-corrected chi connectivity index (χ0v) is 12.4. The topological polar surface area (TPSA) is 58.6 Å². The van der Waals surface area contributed by atoms with Gasteiger partial charge in [-0.3, -0.25) is 0 Å². The normalized spacial score (nSPS) is 22.3. The molecular weight excluding hydrogens is 355 g/mol. The number of halogens is 4. The van der Waals surface area contributed by atoms with Gasteiger partial charge in [0, 0.05) is 16.7 Å². The van der Waals surface area contributed by atoms with Crippen LogP contribution < -0.4 is 5.32 Å². The zero-order chi connectivity index (χ0) is 15.6. The van der Waals surface area contributed by atoms with Crippen LogP contribution in [-0.2, 0) is 15.7 Å². The van der Waals surface area contributed by atoms with Gasteiger partial charge in [-0.05, 0) is 31.0 Å². The van der Waals surface area contributed by atoms with Crippen molar-refractivity contribution in [3.8, 4) is 0 Å². The molecule has 2 rings (SSSR count). The van der Waals surface area contributed by atoms with Gasteiger partial charge in [0.05, 0.1) is 11.7 Å². The SMILES string of the molecule is O=C(O)C1CCC(CNc2cc(Br)ccc2C(F)(F)F)O1. The molecule has 2 unspecified atom stereocenters. The number of hydrogen-bond donors (Lipinski definition) is 2. The molecule has 4 nitrogen and oxygen atoms in total. The lowest BCUT2D eigenvalue weighted by Crippen LogP contribution is -2.25. The number of rotatable bonds is 4. The predicted octanol–water partition coefficient (Wildman–Crippen LogP) is 3.51. The second-order valence-electron chi connectivity index (χ2n) is 4.73. The van der Waals surface area contributed by atoms with Crippen LogP contribution in [0.2, 0.25) is 0 Å². The molecule has 0 spiro atoms. The van der Waals surface area contributed by atoms with Crippen molar-refractivity contribution in [1.29, 1.82) is 0 Å². The van der Waals surface area contributed by atoms with Crippen molar-refractivity contribution >= 4 is 27.6 Å². The molecule has 1 fully saturated rings. The van der Waals surface area contributed by atoms with Gasteiger partial charge in [-0.1, -0.05) is 15.9 Å². The summed E-state index contributed by atoms with van der Waals surface area (Å²) in [4.78, 5) is 10.8. The monoisotopic (exact) mass is 367 g/mol. The van der Waals surface area contributed by atoms with E-state index < -0.39 is 29.9 Å². The van der Waals surface area contributed by atoms with Crippen molar-refractivity contribution in [2.75, 3.05) is 11.9 Å². The number of ether oxygens (including phenoxy) is 1. The number of carboxylic acids is 1. The molecule has 116 valence electrons. The quantitative estimate of drug-likeness (QED) is 0.854. The lowest BCUT2D eigenvalue weighted by atomic mass is 10.1. The van der Waals surface area contributed by atoms with Gasteiger partial charge in [0.15, 0.2) is 6.10 Å². The van der Waals surface area contributed by atoms with Crippen LogP contribution in [0.3, 0.4) is 0 Å². The standard InChI is InChI=1S/C13H13BrF3NO3/c14-7-1-3-9(13(15,16)17)10(5-7)18-6-8-2-4-11(21-8)12(19)20/h1,3,5,8,11,18H,2,4,6H2,(H,19,20). The van der Waals surface area contributed by atoms with E-state index >= 15 is 0 Å². The summed E-state index contributed by atoms with van der Waals surface area (Å²) in [6.45, 7) is 0.128. The van der Waals surface area contributed by atoms with E-state index in [-0.39, 0.29) is 12.2 Å². The molecule has 2 N–H and O–H groups in total. The maximum Gasteiger partial charge on any atom is 0.418 e. The third-order valence-electron chi connectivity index (χ3n) is 3.19. The van der Waals surface area contributed by atoms with Crippen molar-refractivity contribution < 1.29 is 27.8 Å². The highest BCUT2D eigenvalue weighted by Crippen LogP contribution is 2.36. The molecule has 0 aliphatic carbocycles. The summed E-state index contributed by atoms with van der Waals surface area (Å²) < 4.78 is 44.4. The van der Waals surface area contributed by atoms with Gasteiger partial charge in [-0.2, -0.15) is 13.2 Å². The van der Waals surface area contributed by atoms with Crippen molar-refractivity contribution in [2.45, 2.75) is 31.2 Å². The van der Waals surface area contributed by atoms with Crippen molar-refractivity contribution in [1.82, 2.24) is 0 Å². The highest BCUT2D eigenvalue weighted by Gasteiger charge is 2.34. The fourth-order valence-electron chi connectivity index (χ4n) is 2.17. The molecule has 1 aliphatic rings. The zero-order valence-electron chi connectivity index (χ0n) is 10.8. The van der Waals surface area contributed by atoms with Crippen LogP contribution in [0.5, 0.6) is 0 Å². The molecule has 21 heavy (non-hydrogen) atoms. The van der Waals surface area contributed by atoms with Gasteiger partial charge in [-0.15, -0.1) is 0 Å². The third kappa shape index (κ3) is 4.10. The van der Waals surface area contributed by atoms with Crippen LogP contribution >= 0.6 is 15.9 Å². The second-order valence-corrected chi connectivity index (χ2v) is 5.65. The minimum atomic E-state index is -4.46. The van der Waals surface area contributed by atoms with Crippen LogP contribution in [0, 0.1) is 0 Å². The number of benzene rings is 1. The first kappa shape index (κ1) is 16.1. The second kappa shape index (κ2) is 6.23. The van der Waals surface area contributed by atoms with Gasteiger partial charge in [-0.25, -0.2) is 4.79 Å². The molecule has 2 atom stereocenters. The van der Waals surface area contributed by atoms with Crippen molar-refractivity contribution in [3.63, 3.8) is 0 Å². The Morgan fingerprint density at radius 2 is 2.14 bits per heavy atom. The maximum absolute atomic E-state index is 12.9. The summed E-state index contributed by atoms with van der Waals surface area (Å²) in [5.41, 5.74) is -0.822. The summed E-state index contributed by atoms with van der Waals surface area (Å²) in [6, 6.07) is 3.65. The number of carbonyl (C=O) groups is 1. The fourth-order valence-corrected chi connectivity index (χ4v) is 2.53. The molecule has 0 amide bonds. The molecule has 0 bridgehead atoms. The average molecular weight is 368 g/mol. The Labute approximate surface area is 127 Å². The first-order valence-corrected chi connectivity index (χ1v) is 7.05. The summed E-state index contributed by atoms with van der Waals surface area (Å²) in [7, 11) is 0. The molecule has 1 aromatic rings. The summed E-state index contributed by atoms with van der Waals surface area (Å²) in [6.07, 6.45) is -4.87. The maximum atomic E-state index is 12.9. The van der Waals surface area contributed by atoms with Crippen molar-refractivity contribution in [3.05, 3.63) is 28.2 Å². The van der Waals surface area contributed by atoms with E-state index in [0.29, 0.717) is 17.3 Å². The Kier molecular flexibility index (Phi) is 4.77. The van der Waals surface area contributed by atoms with E-state index in [4.69, 9.17) is 9.84 Å². The Morgan fingerprint density at radius 3 is 2.71 bits per heavy atom. The Morgan fingerprint density at radius 1 is 1.43 bits per heavy atom. The number of carboxylic acid groups (broad SMARTS) is 1. The van der Waals surface area contributed by atoms with Crippen LogP contribution in [0.4, 0.5) is 18.9 Å². The Bertz CT molecular complexity index is 536. The first-order chi connectivity index (χ1) is 9.77. The van der Waals surface area contributed by atoms with Crippen LogP contribution in [0.15, 0.2) is 22.7 Å². The Hall–Kier alpha value is -1.28. The summed E-state index contributed by atoms with van der Waals surface area (Å²) in [5, 5.41) is 11.5. The molecule has 1 aromatic carbocycles. The Balaban J connectivity index is 2.03. The average Bonchev–Trinajstić information content (AvgIpc) is 2.83. The van der Waals surface area contributed by atoms with Crippen LogP contribution in [0.1, 0.15) is 18.4 Å². The van der Waals surface area contributed by atoms with E-state index in [1.54, 1.807) is 0 Å². The fraction of sp³-hybridized carbons (Fsp3) is 0.462. The van der Waals surface area contributed by atoms with Crippen LogP contribution in [-0.4, -0.2) is 29.8 Å². The van der Waals surface area contributed by atoms with Gasteiger partial charge in [0.25, 0.3) is 0 Å². The first-order valence-electron chi connectivity index (χ1n) is 6.26. The highest BCUT2D eigenvalue weighted by atomic mass is 79.9. The molecule has 8 heteroatoms. The largest absolute Gasteiger partial charge is 0.479 e. The lowest BCUT2D eigenvalue weighted by molar-refractivity contribution is -0.149. The van der Waals surface area contributed by atoms with E-state index in [9.17, 15) is 18.0 Å². The number of nitrogens with one attached hydrogen (secondary N) is 1. The van der Waals surface area contributed by atoms with E-state index in [1.165, 1.54) is 12.1 Å². The predicted molar refractivity (Wildman–Crippen MR) is 73.2 cm³/mol. The molecule has 1 aliphatic heterocycles. The molecule has 0 radical (unpaired) electrons. The number of anilines is 1. The molecule has 1 saturated heterocycles. The van der Waals surface area contributed by atoms with E-state index in [0.717, 1.165) is 6.07 Å². The smallest absolute Gasteiger partial charge is 0.418 e. The highest BCUT2D eigenvalue weighted by molar-refractivity contribution is 9.10. The van der Waals surface area contributed by atoms with E-state index in [2.05, 4.69) is 21.2 Å². The molecule has 1 heterocycles. The van der Waals surface area contributed by atoms with Crippen molar-refractivity contribution in [2.24, 2.45) is 0 Å². The van der Waals surface area contributed by atoms with Gasteiger partial charge >= 0.3 is 12.1 Å². The molecule has 0 saturated carbocycles. The number of hydrogen-bond acceptors (Lipinski definition) is 3. The number of aliphatic carboxylic acids is 1. The third-order valence-corrected chi connectivity index (χ3v) is 3.68. The molecular formula is C13H13BrF3NO3. The van der Waals surface area contributed by atoms with Gasteiger partial charge < -0.3 is 15.2 Å². The molecule has 0 aromatic heterocycles. The lowest BCUT2D eigenvalue weighted by Gasteiger charge is -2.17.